The SMILES string of the molecule is CCC1(c2ccc(F)cc2)NC(=O)N(CC(=O)c2cc(C)n(CCc3ccc(OC)cc3)c2C)C1=O. The van der Waals surface area contributed by atoms with Crippen LogP contribution in [0.5, 0.6) is 5.75 Å². The zero-order valence-electron chi connectivity index (χ0n) is 20.9. The van der Waals surface area contributed by atoms with Crippen molar-refractivity contribution in [3.63, 3.8) is 0 Å². The highest BCUT2D eigenvalue weighted by atomic mass is 19.1. The van der Waals surface area contributed by atoms with Gasteiger partial charge in [0, 0.05) is 23.5 Å². The van der Waals surface area contributed by atoms with Crippen LogP contribution in [-0.4, -0.2) is 40.8 Å². The standard InChI is InChI=1S/C28H30FN3O4/c1-5-28(21-8-10-22(29)11-9-21)26(34)32(27(35)30-28)17-25(33)24-16-18(2)31(19(24)3)15-14-20-6-12-23(36-4)13-7-20/h6-13,16H,5,14-15,17H2,1-4H3,(H,30,35). The van der Waals surface area contributed by atoms with Crippen molar-refractivity contribution in [3.8, 4) is 5.75 Å². The minimum atomic E-state index is -1.32. The molecular weight excluding hydrogens is 461 g/mol. The minimum absolute atomic E-state index is 0.272. The second kappa shape index (κ2) is 9.97. The number of methoxy groups -OCH3 is 1. The lowest BCUT2D eigenvalue weighted by Gasteiger charge is -2.25. The third-order valence-electron chi connectivity index (χ3n) is 7.00. The van der Waals surface area contributed by atoms with Gasteiger partial charge in [-0.15, -0.1) is 0 Å². The molecule has 1 atom stereocenters. The van der Waals surface area contributed by atoms with Gasteiger partial charge >= 0.3 is 6.03 Å². The van der Waals surface area contributed by atoms with E-state index < -0.39 is 23.3 Å². The highest BCUT2D eigenvalue weighted by molar-refractivity contribution is 6.11. The summed E-state index contributed by atoms with van der Waals surface area (Å²) in [6.07, 6.45) is 1.05. The summed E-state index contributed by atoms with van der Waals surface area (Å²) in [7, 11) is 1.63. The lowest BCUT2D eigenvalue weighted by atomic mass is 9.87. The summed E-state index contributed by atoms with van der Waals surface area (Å²) in [4.78, 5) is 40.4. The molecule has 0 spiro atoms. The normalized spacial score (nSPS) is 17.4. The predicted octanol–water partition coefficient (Wildman–Crippen LogP) is 4.54. The van der Waals surface area contributed by atoms with Gasteiger partial charge in [-0.25, -0.2) is 9.18 Å². The molecule has 4 rings (SSSR count). The van der Waals surface area contributed by atoms with Gasteiger partial charge in [0.15, 0.2) is 5.78 Å². The van der Waals surface area contributed by atoms with Crippen molar-refractivity contribution in [1.82, 2.24) is 14.8 Å². The van der Waals surface area contributed by atoms with Crippen LogP contribution in [0.15, 0.2) is 54.6 Å². The van der Waals surface area contributed by atoms with Crippen molar-refractivity contribution in [3.05, 3.63) is 88.5 Å². The Morgan fingerprint density at radius 1 is 1.06 bits per heavy atom. The Balaban J connectivity index is 1.50. The fourth-order valence-corrected chi connectivity index (χ4v) is 4.83. The van der Waals surface area contributed by atoms with E-state index in [-0.39, 0.29) is 18.7 Å². The van der Waals surface area contributed by atoms with Crippen LogP contribution in [0.2, 0.25) is 0 Å². The van der Waals surface area contributed by atoms with Crippen LogP contribution < -0.4 is 10.1 Å². The average Bonchev–Trinajstić information content (AvgIpc) is 3.30. The molecule has 0 radical (unpaired) electrons. The second-order valence-electron chi connectivity index (χ2n) is 9.04. The number of rotatable bonds is 9. The summed E-state index contributed by atoms with van der Waals surface area (Å²) in [6.45, 7) is 5.89. The number of ether oxygens (including phenoxy) is 1. The molecule has 1 fully saturated rings. The first-order valence-electron chi connectivity index (χ1n) is 11.9. The Morgan fingerprint density at radius 2 is 1.72 bits per heavy atom. The van der Waals surface area contributed by atoms with E-state index >= 15 is 0 Å². The number of halogens is 1. The second-order valence-corrected chi connectivity index (χ2v) is 9.04. The number of nitrogens with zero attached hydrogens (tertiary/aromatic N) is 2. The van der Waals surface area contributed by atoms with Gasteiger partial charge in [0.05, 0.1) is 13.7 Å². The molecule has 2 heterocycles. The molecule has 188 valence electrons. The first kappa shape index (κ1) is 25.2. The summed E-state index contributed by atoms with van der Waals surface area (Å²) in [5.41, 5.74) is 2.51. The molecule has 1 N–H and O–H groups in total. The zero-order valence-corrected chi connectivity index (χ0v) is 20.9. The Kier molecular flexibility index (Phi) is 6.97. The first-order valence-corrected chi connectivity index (χ1v) is 11.9. The molecular formula is C28H30FN3O4. The van der Waals surface area contributed by atoms with Crippen LogP contribution in [-0.2, 0) is 23.3 Å². The predicted molar refractivity (Wildman–Crippen MR) is 134 cm³/mol. The maximum Gasteiger partial charge on any atom is 0.325 e. The van der Waals surface area contributed by atoms with Crippen LogP contribution in [0.25, 0.3) is 0 Å². The van der Waals surface area contributed by atoms with E-state index in [1.54, 1.807) is 20.1 Å². The number of hydrogen-bond donors (Lipinski definition) is 1. The molecule has 2 aromatic carbocycles. The van der Waals surface area contributed by atoms with Gasteiger partial charge in [-0.1, -0.05) is 31.2 Å². The molecule has 1 aromatic heterocycles. The highest BCUT2D eigenvalue weighted by Crippen LogP contribution is 2.33. The number of benzene rings is 2. The first-order chi connectivity index (χ1) is 17.2. The zero-order chi connectivity index (χ0) is 26.0. The number of nitrogens with one attached hydrogen (secondary N) is 1. The molecule has 0 bridgehead atoms. The Hall–Kier alpha value is -3.94. The number of imide groups is 1. The van der Waals surface area contributed by atoms with Crippen molar-refractivity contribution in [1.29, 1.82) is 0 Å². The Bertz CT molecular complexity index is 1300. The molecule has 1 saturated heterocycles. The van der Waals surface area contributed by atoms with Crippen molar-refractivity contribution >= 4 is 17.7 Å². The maximum absolute atomic E-state index is 13.4. The van der Waals surface area contributed by atoms with Crippen molar-refractivity contribution in [2.75, 3.05) is 13.7 Å². The summed E-state index contributed by atoms with van der Waals surface area (Å²) >= 11 is 0. The van der Waals surface area contributed by atoms with Crippen molar-refractivity contribution in [2.45, 2.75) is 45.7 Å². The topological polar surface area (TPSA) is 80.6 Å². The molecule has 0 saturated carbocycles. The van der Waals surface area contributed by atoms with Gasteiger partial charge in [0.25, 0.3) is 5.91 Å². The number of hydrogen-bond acceptors (Lipinski definition) is 4. The summed E-state index contributed by atoms with van der Waals surface area (Å²) in [5, 5.41) is 2.74. The number of carbonyl (C=O) groups excluding carboxylic acids is 3. The molecule has 3 aromatic rings. The van der Waals surface area contributed by atoms with Crippen LogP contribution in [0.3, 0.4) is 0 Å². The number of aromatic nitrogens is 1. The number of urea groups is 1. The molecule has 1 unspecified atom stereocenters. The largest absolute Gasteiger partial charge is 0.497 e. The smallest absolute Gasteiger partial charge is 0.325 e. The monoisotopic (exact) mass is 491 g/mol. The van der Waals surface area contributed by atoms with Gasteiger partial charge in [0.2, 0.25) is 0 Å². The van der Waals surface area contributed by atoms with Crippen molar-refractivity contribution < 1.29 is 23.5 Å². The summed E-state index contributed by atoms with van der Waals surface area (Å²) < 4.78 is 20.7. The molecule has 3 amide bonds. The van der Waals surface area contributed by atoms with Crippen molar-refractivity contribution in [2.24, 2.45) is 0 Å². The number of amides is 3. The van der Waals surface area contributed by atoms with E-state index in [0.29, 0.717) is 17.7 Å². The lowest BCUT2D eigenvalue weighted by molar-refractivity contribution is -0.131. The fraction of sp³-hybridized carbons (Fsp3) is 0.321. The summed E-state index contributed by atoms with van der Waals surface area (Å²) in [5.74, 6) is -0.459. The lowest BCUT2D eigenvalue weighted by Crippen LogP contribution is -2.43. The molecule has 36 heavy (non-hydrogen) atoms. The summed E-state index contributed by atoms with van der Waals surface area (Å²) in [6, 6.07) is 14.5. The quantitative estimate of drug-likeness (QED) is 0.352. The van der Waals surface area contributed by atoms with Crippen LogP contribution in [0.1, 0.15) is 46.2 Å². The molecule has 7 nitrogen and oxygen atoms in total. The van der Waals surface area contributed by atoms with Crippen LogP contribution >= 0.6 is 0 Å². The van der Waals surface area contributed by atoms with Crippen LogP contribution in [0.4, 0.5) is 9.18 Å². The minimum Gasteiger partial charge on any atom is -0.497 e. The Labute approximate surface area is 209 Å². The van der Waals surface area contributed by atoms with E-state index in [9.17, 15) is 18.8 Å². The number of Topliss-reactive ketones (excluding diaryl/α,β-unsaturated/α-hetero) is 1. The third-order valence-corrected chi connectivity index (χ3v) is 7.00. The van der Waals surface area contributed by atoms with Gasteiger partial charge < -0.3 is 14.6 Å². The van der Waals surface area contributed by atoms with E-state index in [4.69, 9.17) is 4.74 Å². The molecule has 1 aliphatic heterocycles. The molecule has 1 aliphatic rings. The number of carbonyl (C=O) groups is 3. The van der Waals surface area contributed by atoms with Gasteiger partial charge in [0.1, 0.15) is 17.1 Å². The van der Waals surface area contributed by atoms with E-state index in [0.717, 1.165) is 34.0 Å². The van der Waals surface area contributed by atoms with Gasteiger partial charge in [-0.05, 0) is 68.1 Å². The van der Waals surface area contributed by atoms with Gasteiger partial charge in [-0.3, -0.25) is 14.5 Å². The third kappa shape index (κ3) is 4.51. The van der Waals surface area contributed by atoms with Gasteiger partial charge in [-0.2, -0.15) is 0 Å². The van der Waals surface area contributed by atoms with E-state index in [1.807, 2.05) is 38.1 Å². The average molecular weight is 492 g/mol. The Morgan fingerprint density at radius 3 is 2.33 bits per heavy atom. The number of aryl methyl sites for hydroxylation is 2. The van der Waals surface area contributed by atoms with Crippen LogP contribution in [0, 0.1) is 19.7 Å². The van der Waals surface area contributed by atoms with E-state index in [2.05, 4.69) is 9.88 Å². The fourth-order valence-electron chi connectivity index (χ4n) is 4.83. The number of ketones is 1. The maximum atomic E-state index is 13.4. The molecule has 0 aliphatic carbocycles. The molecule has 8 heteroatoms. The van der Waals surface area contributed by atoms with E-state index in [1.165, 1.54) is 24.3 Å². The highest BCUT2D eigenvalue weighted by Gasteiger charge is 2.51.